The van der Waals surface area contributed by atoms with E-state index in [1.54, 1.807) is 6.07 Å². The molecule has 10 heteroatoms. The first-order valence-electron chi connectivity index (χ1n) is 9.05. The Balaban J connectivity index is 2.15. The summed E-state index contributed by atoms with van der Waals surface area (Å²) in [6.45, 7) is 0. The molecule has 0 aromatic heterocycles. The molecule has 4 N–H and O–H groups in total. The number of alkyl halides is 3. The zero-order chi connectivity index (χ0) is 22.5. The smallest absolute Gasteiger partial charge is 0.395 e. The largest absolute Gasteiger partial charge is 0.480 e. The first-order valence-corrected chi connectivity index (χ1v) is 10.9. The number of carbonyl (C=O) groups is 1. The van der Waals surface area contributed by atoms with Gasteiger partial charge in [-0.15, -0.1) is 0 Å². The fourth-order valence-corrected chi connectivity index (χ4v) is 4.42. The van der Waals surface area contributed by atoms with Crippen molar-refractivity contribution in [3.63, 3.8) is 0 Å². The van der Waals surface area contributed by atoms with Gasteiger partial charge >= 0.3 is 12.1 Å². The van der Waals surface area contributed by atoms with Crippen molar-refractivity contribution in [3.05, 3.63) is 59.9 Å². The van der Waals surface area contributed by atoms with Crippen molar-refractivity contribution in [1.29, 1.82) is 4.78 Å². The highest BCUT2D eigenvalue weighted by Crippen LogP contribution is 2.38. The number of benzene rings is 2. The minimum atomic E-state index is -4.63. The van der Waals surface area contributed by atoms with Crippen LogP contribution in [0, 0.1) is 10.6 Å². The molecule has 0 spiro atoms. The summed E-state index contributed by atoms with van der Waals surface area (Å²) in [6, 6.07) is 9.83. The van der Waals surface area contributed by atoms with Crippen LogP contribution in [0.25, 0.3) is 11.1 Å². The van der Waals surface area contributed by atoms with Crippen molar-refractivity contribution >= 4 is 15.7 Å². The number of carboxylic acids is 1. The molecule has 0 saturated heterocycles. The van der Waals surface area contributed by atoms with Gasteiger partial charge in [-0.1, -0.05) is 42.5 Å². The standard InChI is InChI=1S/C20H22F4N2O3S/c21-17-4-2-1-3-15(17)13-5-7-14(8-6-13)16(20(22,23)24)9-11-30(26,29)12-10-18(25)19(27)28/h1-8,16,18,26H,9-12,25H2,(H,27,28)/t16?,18-,30?/m0/s1. The summed E-state index contributed by atoms with van der Waals surface area (Å²) < 4.78 is 74.6. The van der Waals surface area contributed by atoms with E-state index in [0.29, 0.717) is 5.56 Å². The predicted molar refractivity (Wildman–Crippen MR) is 106 cm³/mol. The maximum absolute atomic E-state index is 13.9. The van der Waals surface area contributed by atoms with Crippen LogP contribution in [0.15, 0.2) is 48.5 Å². The molecule has 3 atom stereocenters. The molecule has 0 aliphatic carbocycles. The first kappa shape index (κ1) is 23.8. The second kappa shape index (κ2) is 9.57. The molecular weight excluding hydrogens is 424 g/mol. The molecule has 0 aliphatic heterocycles. The maximum atomic E-state index is 13.9. The highest BCUT2D eigenvalue weighted by Gasteiger charge is 2.40. The van der Waals surface area contributed by atoms with Crippen LogP contribution in [0.5, 0.6) is 0 Å². The molecule has 0 amide bonds. The number of aliphatic carboxylic acids is 1. The second-order valence-corrected chi connectivity index (χ2v) is 9.38. The molecular formula is C20H22F4N2O3S. The Kier molecular flexibility index (Phi) is 7.59. The maximum Gasteiger partial charge on any atom is 0.395 e. The minimum Gasteiger partial charge on any atom is -0.480 e. The summed E-state index contributed by atoms with van der Waals surface area (Å²) in [5, 5.41) is 8.72. The molecule has 0 aliphatic rings. The molecule has 5 nitrogen and oxygen atoms in total. The van der Waals surface area contributed by atoms with Gasteiger partial charge in [0.15, 0.2) is 0 Å². The number of hydrogen-bond donors (Lipinski definition) is 3. The van der Waals surface area contributed by atoms with Crippen LogP contribution in [0.2, 0.25) is 0 Å². The molecule has 2 rings (SSSR count). The Hall–Kier alpha value is -2.46. The fourth-order valence-electron chi connectivity index (χ4n) is 2.96. The van der Waals surface area contributed by atoms with Crippen molar-refractivity contribution in [3.8, 4) is 11.1 Å². The molecule has 0 heterocycles. The van der Waals surface area contributed by atoms with E-state index in [-0.39, 0.29) is 17.5 Å². The van der Waals surface area contributed by atoms with Gasteiger partial charge in [-0.05, 0) is 30.0 Å². The van der Waals surface area contributed by atoms with E-state index in [9.17, 15) is 26.6 Å². The molecule has 2 aromatic carbocycles. The third-order valence-corrected chi connectivity index (χ3v) is 6.50. The van der Waals surface area contributed by atoms with Gasteiger partial charge in [-0.2, -0.15) is 13.2 Å². The Morgan fingerprint density at radius 3 is 2.17 bits per heavy atom. The molecule has 164 valence electrons. The Morgan fingerprint density at radius 2 is 1.63 bits per heavy atom. The van der Waals surface area contributed by atoms with Crippen LogP contribution >= 0.6 is 0 Å². The van der Waals surface area contributed by atoms with Crippen LogP contribution in [-0.2, 0) is 14.5 Å². The average molecular weight is 446 g/mol. The van der Waals surface area contributed by atoms with E-state index in [2.05, 4.69) is 0 Å². The highest BCUT2D eigenvalue weighted by atomic mass is 32.2. The monoisotopic (exact) mass is 446 g/mol. The van der Waals surface area contributed by atoms with Gasteiger partial charge in [0.1, 0.15) is 11.9 Å². The molecule has 2 aromatic rings. The minimum absolute atomic E-state index is 0.0833. The molecule has 2 unspecified atom stereocenters. The molecule has 0 radical (unpaired) electrons. The summed E-state index contributed by atoms with van der Waals surface area (Å²) in [5.74, 6) is -4.71. The molecule has 0 bridgehead atoms. The zero-order valence-corrected chi connectivity index (χ0v) is 16.7. The van der Waals surface area contributed by atoms with E-state index < -0.39 is 57.6 Å². The van der Waals surface area contributed by atoms with Crippen LogP contribution in [0.1, 0.15) is 24.3 Å². The predicted octanol–water partition coefficient (Wildman–Crippen LogP) is 4.38. The first-order chi connectivity index (χ1) is 13.9. The van der Waals surface area contributed by atoms with Gasteiger partial charge in [-0.25, -0.2) is 8.60 Å². The number of carboxylic acid groups (broad SMARTS) is 1. The van der Waals surface area contributed by atoms with Crippen LogP contribution in [-0.4, -0.2) is 39.0 Å². The third-order valence-electron chi connectivity index (χ3n) is 4.71. The highest BCUT2D eigenvalue weighted by molar-refractivity contribution is 7.92. The summed E-state index contributed by atoms with van der Waals surface area (Å²) in [6.07, 6.45) is -5.48. The lowest BCUT2D eigenvalue weighted by atomic mass is 9.93. The van der Waals surface area contributed by atoms with Crippen LogP contribution in [0.4, 0.5) is 17.6 Å². The summed E-state index contributed by atoms with van der Waals surface area (Å²) in [4.78, 5) is 10.7. The third kappa shape index (κ3) is 6.53. The van der Waals surface area contributed by atoms with Gasteiger partial charge in [0, 0.05) is 26.8 Å². The number of nitrogens with one attached hydrogen (secondary N) is 1. The van der Waals surface area contributed by atoms with E-state index in [1.807, 2.05) is 0 Å². The van der Waals surface area contributed by atoms with E-state index >= 15 is 0 Å². The van der Waals surface area contributed by atoms with E-state index in [1.165, 1.54) is 42.5 Å². The van der Waals surface area contributed by atoms with Crippen molar-refractivity contribution in [2.75, 3.05) is 11.5 Å². The van der Waals surface area contributed by atoms with Crippen LogP contribution < -0.4 is 5.73 Å². The normalized spacial score (nSPS) is 15.9. The van der Waals surface area contributed by atoms with Gasteiger partial charge < -0.3 is 10.8 Å². The fraction of sp³-hybridized carbons (Fsp3) is 0.350. The number of rotatable bonds is 9. The van der Waals surface area contributed by atoms with E-state index in [4.69, 9.17) is 15.6 Å². The summed E-state index contributed by atoms with van der Waals surface area (Å²) in [5.41, 5.74) is 5.90. The molecule has 0 fully saturated rings. The Bertz CT molecular complexity index is 976. The topological polar surface area (TPSA) is 104 Å². The number of hydrogen-bond acceptors (Lipinski definition) is 4. The van der Waals surface area contributed by atoms with Crippen molar-refractivity contribution in [2.45, 2.75) is 31.0 Å². The van der Waals surface area contributed by atoms with Crippen molar-refractivity contribution < 1.29 is 31.7 Å². The van der Waals surface area contributed by atoms with Gasteiger partial charge in [-0.3, -0.25) is 9.57 Å². The Morgan fingerprint density at radius 1 is 1.07 bits per heavy atom. The van der Waals surface area contributed by atoms with Crippen molar-refractivity contribution in [1.82, 2.24) is 0 Å². The average Bonchev–Trinajstić information content (AvgIpc) is 2.66. The number of nitrogens with two attached hydrogens (primary N) is 1. The molecule has 0 saturated carbocycles. The van der Waals surface area contributed by atoms with E-state index in [0.717, 1.165) is 0 Å². The lowest BCUT2D eigenvalue weighted by Crippen LogP contribution is -2.32. The van der Waals surface area contributed by atoms with Gasteiger partial charge in [0.05, 0.1) is 5.92 Å². The zero-order valence-electron chi connectivity index (χ0n) is 15.9. The Labute approximate surface area is 171 Å². The molecule has 30 heavy (non-hydrogen) atoms. The SMILES string of the molecule is N=S(=O)(CCC(c1ccc(-c2ccccc2F)cc1)C(F)(F)F)CC[C@H](N)C(=O)O. The quantitative estimate of drug-likeness (QED) is 0.497. The van der Waals surface area contributed by atoms with Crippen molar-refractivity contribution in [2.24, 2.45) is 5.73 Å². The van der Waals surface area contributed by atoms with Gasteiger partial charge in [0.25, 0.3) is 0 Å². The number of halogens is 4. The second-order valence-electron chi connectivity index (χ2n) is 6.94. The van der Waals surface area contributed by atoms with Crippen LogP contribution in [0.3, 0.4) is 0 Å². The van der Waals surface area contributed by atoms with Gasteiger partial charge in [0.2, 0.25) is 0 Å². The lowest BCUT2D eigenvalue weighted by Gasteiger charge is -2.22. The summed E-state index contributed by atoms with van der Waals surface area (Å²) >= 11 is 0. The lowest BCUT2D eigenvalue weighted by molar-refractivity contribution is -0.150. The summed E-state index contributed by atoms with van der Waals surface area (Å²) in [7, 11) is -3.42.